The van der Waals surface area contributed by atoms with Gasteiger partial charge in [-0.15, -0.1) is 0 Å². The molecule has 0 radical (unpaired) electrons. The lowest BCUT2D eigenvalue weighted by molar-refractivity contribution is -0.116. The summed E-state index contributed by atoms with van der Waals surface area (Å²) >= 11 is 0. The van der Waals surface area contributed by atoms with Crippen LogP contribution in [0, 0.1) is 13.8 Å². The van der Waals surface area contributed by atoms with Crippen LogP contribution in [0.25, 0.3) is 0 Å². The van der Waals surface area contributed by atoms with Crippen LogP contribution in [-0.4, -0.2) is 11.1 Å². The Morgan fingerprint density at radius 3 is 2.30 bits per heavy atom. The van der Waals surface area contributed by atoms with Gasteiger partial charge in [-0.25, -0.2) is 0 Å². The number of para-hydroxylation sites is 1. The van der Waals surface area contributed by atoms with Gasteiger partial charge in [0.05, 0.1) is 5.69 Å². The van der Waals surface area contributed by atoms with E-state index in [-0.39, 0.29) is 21.7 Å². The molecule has 1 aromatic heterocycles. The number of rotatable bonds is 5. The Balaban J connectivity index is 0.00000155. The second kappa shape index (κ2) is 11.0. The molecule has 1 heterocycles. The van der Waals surface area contributed by atoms with Crippen LogP contribution in [0.15, 0.2) is 34.9 Å². The van der Waals surface area contributed by atoms with Crippen molar-refractivity contribution in [3.63, 3.8) is 0 Å². The molecule has 2 atom stereocenters. The summed E-state index contributed by atoms with van der Waals surface area (Å²) in [6.45, 7) is 9.95. The van der Waals surface area contributed by atoms with E-state index in [4.69, 9.17) is 4.52 Å². The van der Waals surface area contributed by atoms with Crippen molar-refractivity contribution < 1.29 is 9.32 Å². The van der Waals surface area contributed by atoms with E-state index >= 15 is 0 Å². The van der Waals surface area contributed by atoms with Gasteiger partial charge in [-0.1, -0.05) is 44.1 Å². The van der Waals surface area contributed by atoms with E-state index in [0.717, 1.165) is 29.1 Å². The lowest BCUT2D eigenvalue weighted by Gasteiger charge is -2.12. The molecule has 5 heteroatoms. The monoisotopic (exact) mass is 336 g/mol. The zero-order valence-electron chi connectivity index (χ0n) is 14.8. The van der Waals surface area contributed by atoms with Gasteiger partial charge >= 0.3 is 0 Å². The van der Waals surface area contributed by atoms with Gasteiger partial charge in [-0.3, -0.25) is 4.79 Å². The van der Waals surface area contributed by atoms with E-state index in [1.165, 1.54) is 0 Å². The maximum Gasteiger partial charge on any atom is 0.225 e. The fraction of sp³-hybridized carbons (Fsp3) is 0.444. The summed E-state index contributed by atoms with van der Waals surface area (Å²) in [5, 5.41) is 6.87. The van der Waals surface area contributed by atoms with Crippen LogP contribution in [0.2, 0.25) is 0 Å². The minimum absolute atomic E-state index is 0. The highest BCUT2D eigenvalue weighted by molar-refractivity contribution is 6.92. The molecule has 0 saturated heterocycles. The summed E-state index contributed by atoms with van der Waals surface area (Å²) in [4.78, 5) is 12.1. The van der Waals surface area contributed by atoms with Crippen LogP contribution in [0.4, 0.5) is 5.69 Å². The number of hydrogen-bond acceptors (Lipinski definition) is 3. The Morgan fingerprint density at radius 1 is 1.22 bits per heavy atom. The Kier molecular flexibility index (Phi) is 10.2. The van der Waals surface area contributed by atoms with Gasteiger partial charge in [0.25, 0.3) is 0 Å². The number of anilines is 1. The maximum atomic E-state index is 12.1. The molecule has 0 aliphatic heterocycles. The van der Waals surface area contributed by atoms with Crippen molar-refractivity contribution in [2.24, 2.45) is 0 Å². The summed E-state index contributed by atoms with van der Waals surface area (Å²) < 4.78 is 5.37. The predicted octanol–water partition coefficient (Wildman–Crippen LogP) is 4.90. The number of amides is 1. The van der Waals surface area contributed by atoms with Crippen molar-refractivity contribution in [3.05, 3.63) is 47.3 Å². The molecule has 0 bridgehead atoms. The molecule has 4 nitrogen and oxygen atoms in total. The van der Waals surface area contributed by atoms with Crippen LogP contribution in [0.5, 0.6) is 0 Å². The normalized spacial score (nSPS) is 10.8. The third-order valence-electron chi connectivity index (χ3n) is 3.55. The molecule has 0 aliphatic rings. The Morgan fingerprint density at radius 2 is 1.83 bits per heavy atom. The zero-order valence-corrected chi connectivity index (χ0v) is 16.3. The van der Waals surface area contributed by atoms with Gasteiger partial charge in [-0.05, 0) is 32.4 Å². The molecule has 1 unspecified atom stereocenters. The number of nitrogens with zero attached hydrogens (tertiary/aromatic N) is 1. The molecule has 0 fully saturated rings. The van der Waals surface area contributed by atoms with Crippen LogP contribution in [0.3, 0.4) is 0 Å². The molecule has 0 aliphatic carbocycles. The predicted molar refractivity (Wildman–Crippen MR) is 101 cm³/mol. The van der Waals surface area contributed by atoms with Crippen LogP contribution in [0.1, 0.15) is 56.5 Å². The molecular formula is C18H29N2O2P. The molecule has 1 amide bonds. The molecule has 0 spiro atoms. The lowest BCUT2D eigenvalue weighted by Crippen LogP contribution is -2.15. The van der Waals surface area contributed by atoms with E-state index in [1.807, 2.05) is 58.0 Å². The van der Waals surface area contributed by atoms with E-state index in [9.17, 15) is 4.79 Å². The fourth-order valence-corrected chi connectivity index (χ4v) is 2.19. The SMILES string of the molecule is CC.CC[C@@H](CC(=O)Nc1ccccc1)c1onc(C)c1C.P. The molecule has 2 aromatic rings. The molecule has 128 valence electrons. The second-order valence-corrected chi connectivity index (χ2v) is 4.98. The standard InChI is InChI=1S/C16H20N2O2.C2H6.H3P/c1-4-13(16-11(2)12(3)18-20-16)10-15(19)17-14-8-6-5-7-9-14;1-2;/h5-9,13H,4,10H2,1-3H3,(H,17,19);1-2H3;1H3/t13-;;/m0../s1. The van der Waals surface area contributed by atoms with Crippen molar-refractivity contribution in [2.75, 3.05) is 5.32 Å². The number of carbonyl (C=O) groups excluding carboxylic acids is 1. The highest BCUT2D eigenvalue weighted by Crippen LogP contribution is 2.28. The largest absolute Gasteiger partial charge is 0.361 e. The fourth-order valence-electron chi connectivity index (χ4n) is 2.19. The average molecular weight is 336 g/mol. The van der Waals surface area contributed by atoms with Gasteiger partial charge in [0.1, 0.15) is 5.76 Å². The minimum Gasteiger partial charge on any atom is -0.361 e. The first-order valence-corrected chi connectivity index (χ1v) is 7.89. The Labute approximate surface area is 142 Å². The number of aromatic nitrogens is 1. The van der Waals surface area contributed by atoms with Crippen LogP contribution >= 0.6 is 9.90 Å². The first-order chi connectivity index (χ1) is 10.6. The van der Waals surface area contributed by atoms with E-state index in [2.05, 4.69) is 17.4 Å². The lowest BCUT2D eigenvalue weighted by atomic mass is 9.95. The highest BCUT2D eigenvalue weighted by atomic mass is 31.0. The number of nitrogens with one attached hydrogen (secondary N) is 1. The maximum absolute atomic E-state index is 12.1. The molecule has 1 N–H and O–H groups in total. The van der Waals surface area contributed by atoms with E-state index in [0.29, 0.717) is 6.42 Å². The molecular weight excluding hydrogens is 307 g/mol. The van der Waals surface area contributed by atoms with Crippen LogP contribution in [-0.2, 0) is 4.79 Å². The van der Waals surface area contributed by atoms with Crippen molar-refractivity contribution in [2.45, 2.75) is 53.4 Å². The van der Waals surface area contributed by atoms with E-state index < -0.39 is 0 Å². The van der Waals surface area contributed by atoms with Crippen molar-refractivity contribution in [3.8, 4) is 0 Å². The number of aryl methyl sites for hydroxylation is 1. The third kappa shape index (κ3) is 6.15. The topological polar surface area (TPSA) is 55.1 Å². The average Bonchev–Trinajstić information content (AvgIpc) is 2.87. The molecule has 0 saturated carbocycles. The Hall–Kier alpha value is -1.67. The van der Waals surface area contributed by atoms with Gasteiger partial charge in [0, 0.05) is 23.6 Å². The van der Waals surface area contributed by atoms with Crippen LogP contribution < -0.4 is 5.32 Å². The second-order valence-electron chi connectivity index (χ2n) is 4.98. The minimum atomic E-state index is -0.00324. The smallest absolute Gasteiger partial charge is 0.225 e. The van der Waals surface area contributed by atoms with E-state index in [1.54, 1.807) is 0 Å². The molecule has 1 aromatic carbocycles. The van der Waals surface area contributed by atoms with Crippen molar-refractivity contribution in [1.82, 2.24) is 5.16 Å². The van der Waals surface area contributed by atoms with Crippen molar-refractivity contribution in [1.29, 1.82) is 0 Å². The summed E-state index contributed by atoms with van der Waals surface area (Å²) in [7, 11) is 0. The number of hydrogen-bond donors (Lipinski definition) is 1. The summed E-state index contributed by atoms with van der Waals surface area (Å²) in [6.07, 6.45) is 1.25. The zero-order chi connectivity index (χ0) is 16.5. The molecule has 23 heavy (non-hydrogen) atoms. The van der Waals surface area contributed by atoms with Gasteiger partial charge in [0.2, 0.25) is 5.91 Å². The quantitative estimate of drug-likeness (QED) is 0.790. The van der Waals surface area contributed by atoms with Gasteiger partial charge < -0.3 is 9.84 Å². The van der Waals surface area contributed by atoms with Gasteiger partial charge in [0.15, 0.2) is 0 Å². The number of benzene rings is 1. The summed E-state index contributed by atoms with van der Waals surface area (Å²) in [5.74, 6) is 0.893. The number of carbonyl (C=O) groups is 1. The summed E-state index contributed by atoms with van der Waals surface area (Å²) in [5.41, 5.74) is 2.75. The first kappa shape index (κ1) is 21.3. The molecule has 2 rings (SSSR count). The first-order valence-electron chi connectivity index (χ1n) is 7.89. The third-order valence-corrected chi connectivity index (χ3v) is 3.55. The highest BCUT2D eigenvalue weighted by Gasteiger charge is 2.21. The van der Waals surface area contributed by atoms with Gasteiger partial charge in [-0.2, -0.15) is 9.90 Å². The Bertz CT molecular complexity index is 582. The summed E-state index contributed by atoms with van der Waals surface area (Å²) in [6, 6.07) is 9.48. The van der Waals surface area contributed by atoms with Crippen molar-refractivity contribution >= 4 is 21.5 Å².